The van der Waals surface area contributed by atoms with Crippen LogP contribution >= 0.6 is 11.3 Å². The van der Waals surface area contributed by atoms with Gasteiger partial charge in [-0.05, 0) is 17.4 Å². The molecule has 2 heterocycles. The van der Waals surface area contributed by atoms with Crippen molar-refractivity contribution in [3.8, 4) is 10.6 Å². The van der Waals surface area contributed by atoms with Gasteiger partial charge in [0.15, 0.2) is 0 Å². The zero-order chi connectivity index (χ0) is 11.5. The fraction of sp³-hybridized carbons (Fsp3) is 0.417. The Hall–Kier alpha value is -1.13. The topological polar surface area (TPSA) is 38.0 Å². The maximum atomic E-state index is 9.32. The molecule has 0 atom stereocenters. The summed E-state index contributed by atoms with van der Waals surface area (Å²) < 4.78 is 1.92. The molecule has 0 amide bonds. The van der Waals surface area contributed by atoms with Crippen molar-refractivity contribution in [2.24, 2.45) is 5.92 Å². The van der Waals surface area contributed by atoms with E-state index < -0.39 is 0 Å². The molecule has 0 saturated carbocycles. The van der Waals surface area contributed by atoms with E-state index in [2.05, 4.69) is 18.9 Å². The zero-order valence-corrected chi connectivity index (χ0v) is 10.4. The Kier molecular flexibility index (Phi) is 3.41. The molecule has 0 spiro atoms. The lowest BCUT2D eigenvalue weighted by atomic mass is 10.2. The minimum Gasteiger partial charge on any atom is -0.392 e. The highest BCUT2D eigenvalue weighted by Gasteiger charge is 2.11. The zero-order valence-electron chi connectivity index (χ0n) is 9.55. The van der Waals surface area contributed by atoms with Crippen LogP contribution in [0.15, 0.2) is 23.7 Å². The highest BCUT2D eigenvalue weighted by Crippen LogP contribution is 2.26. The molecule has 0 radical (unpaired) electrons. The SMILES string of the molecule is CC(C)Cn1cc(CO)c(-c2cccs2)n1. The lowest BCUT2D eigenvalue weighted by Gasteiger charge is -2.03. The molecule has 0 saturated heterocycles. The Labute approximate surface area is 99.4 Å². The van der Waals surface area contributed by atoms with Gasteiger partial charge < -0.3 is 5.11 Å². The molecular weight excluding hydrogens is 220 g/mol. The maximum absolute atomic E-state index is 9.32. The van der Waals surface area contributed by atoms with Crippen LogP contribution in [0.2, 0.25) is 0 Å². The van der Waals surface area contributed by atoms with Crippen molar-refractivity contribution in [3.05, 3.63) is 29.3 Å². The van der Waals surface area contributed by atoms with Crippen molar-refractivity contribution in [3.63, 3.8) is 0 Å². The second kappa shape index (κ2) is 4.80. The lowest BCUT2D eigenvalue weighted by Crippen LogP contribution is -2.04. The molecule has 3 nitrogen and oxygen atoms in total. The summed E-state index contributed by atoms with van der Waals surface area (Å²) in [6.45, 7) is 5.25. The minimum absolute atomic E-state index is 0.0470. The number of hydrogen-bond acceptors (Lipinski definition) is 3. The Morgan fingerprint density at radius 3 is 2.88 bits per heavy atom. The number of hydrogen-bond donors (Lipinski definition) is 1. The summed E-state index contributed by atoms with van der Waals surface area (Å²) in [6, 6.07) is 4.04. The number of thiophene rings is 1. The average molecular weight is 236 g/mol. The van der Waals surface area contributed by atoms with Crippen LogP contribution in [0.3, 0.4) is 0 Å². The van der Waals surface area contributed by atoms with Crippen LogP contribution < -0.4 is 0 Å². The normalized spacial score (nSPS) is 11.2. The van der Waals surface area contributed by atoms with E-state index in [0.29, 0.717) is 5.92 Å². The third-order valence-corrected chi connectivity index (χ3v) is 3.19. The van der Waals surface area contributed by atoms with E-state index in [-0.39, 0.29) is 6.61 Å². The summed E-state index contributed by atoms with van der Waals surface area (Å²) in [5, 5.41) is 15.9. The van der Waals surface area contributed by atoms with E-state index in [9.17, 15) is 5.11 Å². The Bertz CT molecular complexity index is 446. The molecular formula is C12H16N2OS. The number of nitrogens with zero attached hydrogens (tertiary/aromatic N) is 2. The number of rotatable bonds is 4. The smallest absolute Gasteiger partial charge is 0.108 e. The average Bonchev–Trinajstić information content (AvgIpc) is 2.83. The first kappa shape index (κ1) is 11.4. The van der Waals surface area contributed by atoms with Crippen molar-refractivity contribution in [1.82, 2.24) is 9.78 Å². The maximum Gasteiger partial charge on any atom is 0.108 e. The predicted octanol–water partition coefficient (Wildman–Crippen LogP) is 2.76. The van der Waals surface area contributed by atoms with Gasteiger partial charge in [-0.15, -0.1) is 11.3 Å². The van der Waals surface area contributed by atoms with Crippen LogP contribution in [0, 0.1) is 5.92 Å². The van der Waals surface area contributed by atoms with E-state index in [0.717, 1.165) is 22.7 Å². The van der Waals surface area contributed by atoms with Crippen LogP contribution in [0.25, 0.3) is 10.6 Å². The van der Waals surface area contributed by atoms with Crippen LogP contribution in [0.1, 0.15) is 19.4 Å². The Balaban J connectivity index is 2.33. The molecule has 0 unspecified atom stereocenters. The quantitative estimate of drug-likeness (QED) is 0.886. The van der Waals surface area contributed by atoms with E-state index in [4.69, 9.17) is 0 Å². The molecule has 2 aromatic heterocycles. The first-order valence-corrected chi connectivity index (χ1v) is 6.29. The van der Waals surface area contributed by atoms with Crippen molar-refractivity contribution in [2.45, 2.75) is 27.0 Å². The third-order valence-electron chi connectivity index (χ3n) is 2.31. The molecule has 0 aromatic carbocycles. The van der Waals surface area contributed by atoms with Crippen LogP contribution in [0.4, 0.5) is 0 Å². The molecule has 2 rings (SSSR count). The van der Waals surface area contributed by atoms with Crippen LogP contribution in [-0.4, -0.2) is 14.9 Å². The summed E-state index contributed by atoms with van der Waals surface area (Å²) >= 11 is 1.65. The fourth-order valence-electron chi connectivity index (χ4n) is 1.67. The van der Waals surface area contributed by atoms with E-state index >= 15 is 0 Å². The first-order chi connectivity index (χ1) is 7.70. The van der Waals surface area contributed by atoms with Gasteiger partial charge in [0.25, 0.3) is 0 Å². The van der Waals surface area contributed by atoms with E-state index in [1.165, 1.54) is 0 Å². The predicted molar refractivity (Wildman–Crippen MR) is 66.3 cm³/mol. The first-order valence-electron chi connectivity index (χ1n) is 5.41. The molecule has 4 heteroatoms. The highest BCUT2D eigenvalue weighted by molar-refractivity contribution is 7.13. The van der Waals surface area contributed by atoms with Crippen molar-refractivity contribution >= 4 is 11.3 Å². The summed E-state index contributed by atoms with van der Waals surface area (Å²) in [4.78, 5) is 1.12. The molecule has 0 aliphatic heterocycles. The monoisotopic (exact) mass is 236 g/mol. The van der Waals surface area contributed by atoms with Crippen molar-refractivity contribution in [1.29, 1.82) is 0 Å². The number of aliphatic hydroxyl groups is 1. The summed E-state index contributed by atoms with van der Waals surface area (Å²) in [7, 11) is 0. The number of aromatic nitrogens is 2. The second-order valence-electron chi connectivity index (χ2n) is 4.25. The molecule has 0 aliphatic carbocycles. The highest BCUT2D eigenvalue weighted by atomic mass is 32.1. The molecule has 86 valence electrons. The van der Waals surface area contributed by atoms with Crippen LogP contribution in [-0.2, 0) is 13.2 Å². The van der Waals surface area contributed by atoms with E-state index in [1.807, 2.05) is 28.4 Å². The second-order valence-corrected chi connectivity index (χ2v) is 5.20. The van der Waals surface area contributed by atoms with Gasteiger partial charge in [0, 0.05) is 18.3 Å². The summed E-state index contributed by atoms with van der Waals surface area (Å²) in [5.74, 6) is 0.558. The molecule has 1 N–H and O–H groups in total. The standard InChI is InChI=1S/C12H16N2OS/c1-9(2)6-14-7-10(8-15)12(13-14)11-4-3-5-16-11/h3-5,7,9,15H,6,8H2,1-2H3. The van der Waals surface area contributed by atoms with Gasteiger partial charge in [0.1, 0.15) is 5.69 Å². The third kappa shape index (κ3) is 2.33. The molecule has 2 aromatic rings. The Morgan fingerprint density at radius 1 is 1.50 bits per heavy atom. The lowest BCUT2D eigenvalue weighted by molar-refractivity contribution is 0.282. The van der Waals surface area contributed by atoms with E-state index in [1.54, 1.807) is 11.3 Å². The summed E-state index contributed by atoms with van der Waals surface area (Å²) in [6.07, 6.45) is 1.94. The van der Waals surface area contributed by atoms with Gasteiger partial charge in [-0.2, -0.15) is 5.10 Å². The van der Waals surface area contributed by atoms with Gasteiger partial charge in [0.2, 0.25) is 0 Å². The molecule has 16 heavy (non-hydrogen) atoms. The largest absolute Gasteiger partial charge is 0.392 e. The van der Waals surface area contributed by atoms with Gasteiger partial charge >= 0.3 is 0 Å². The minimum atomic E-state index is 0.0470. The van der Waals surface area contributed by atoms with Crippen molar-refractivity contribution < 1.29 is 5.11 Å². The fourth-order valence-corrected chi connectivity index (χ4v) is 2.41. The summed E-state index contributed by atoms with van der Waals surface area (Å²) in [5.41, 5.74) is 1.82. The number of aliphatic hydroxyl groups excluding tert-OH is 1. The van der Waals surface area contributed by atoms with Crippen molar-refractivity contribution in [2.75, 3.05) is 0 Å². The van der Waals surface area contributed by atoms with Crippen LogP contribution in [0.5, 0.6) is 0 Å². The molecule has 0 aliphatic rings. The van der Waals surface area contributed by atoms with Gasteiger partial charge in [-0.25, -0.2) is 0 Å². The van der Waals surface area contributed by atoms with Gasteiger partial charge in [-0.1, -0.05) is 19.9 Å². The molecule has 0 fully saturated rings. The Morgan fingerprint density at radius 2 is 2.31 bits per heavy atom. The van der Waals surface area contributed by atoms with Gasteiger partial charge in [-0.3, -0.25) is 4.68 Å². The van der Waals surface area contributed by atoms with Gasteiger partial charge in [0.05, 0.1) is 11.5 Å². The molecule has 0 bridgehead atoms.